The first-order chi connectivity index (χ1) is 10.2. The second kappa shape index (κ2) is 7.73. The van der Waals surface area contributed by atoms with Crippen molar-refractivity contribution in [1.82, 2.24) is 14.7 Å². The number of hydrogen-bond donors (Lipinski definition) is 1. The number of aliphatic hydroxyl groups excluding tert-OH is 1. The smallest absolute Gasteiger partial charge is 0.0587 e. The average molecular weight is 293 g/mol. The molecule has 0 amide bonds. The Kier molecular flexibility index (Phi) is 5.96. The summed E-state index contributed by atoms with van der Waals surface area (Å²) in [5, 5.41) is 14.1. The van der Waals surface area contributed by atoms with Crippen LogP contribution in [-0.4, -0.2) is 53.2 Å². The van der Waals surface area contributed by atoms with Crippen LogP contribution >= 0.6 is 0 Å². The zero-order valence-corrected chi connectivity index (χ0v) is 13.0. The van der Waals surface area contributed by atoms with Gasteiger partial charge in [0, 0.05) is 44.0 Å². The number of ether oxygens (including phenoxy) is 1. The number of rotatable bonds is 8. The monoisotopic (exact) mass is 293 g/mol. The zero-order valence-electron chi connectivity index (χ0n) is 13.0. The van der Waals surface area contributed by atoms with Crippen molar-refractivity contribution >= 4 is 0 Å². The molecule has 0 aromatic carbocycles. The first-order valence-electron chi connectivity index (χ1n) is 7.66. The lowest BCUT2D eigenvalue weighted by molar-refractivity contribution is 0.00475. The van der Waals surface area contributed by atoms with Crippen molar-refractivity contribution in [3.8, 4) is 0 Å². The number of piperidine rings is 1. The van der Waals surface area contributed by atoms with Crippen molar-refractivity contribution in [2.45, 2.75) is 32.4 Å². The van der Waals surface area contributed by atoms with E-state index in [4.69, 9.17) is 4.74 Å². The Bertz CT molecular complexity index is 446. The van der Waals surface area contributed by atoms with Crippen molar-refractivity contribution in [2.75, 3.05) is 33.4 Å². The Hall–Kier alpha value is -1.17. The molecule has 1 aliphatic heterocycles. The second-order valence-corrected chi connectivity index (χ2v) is 6.07. The Labute approximate surface area is 127 Å². The molecule has 0 bridgehead atoms. The van der Waals surface area contributed by atoms with E-state index in [1.807, 2.05) is 17.0 Å². The molecular weight excluding hydrogens is 266 g/mol. The van der Waals surface area contributed by atoms with Gasteiger partial charge in [0.25, 0.3) is 0 Å². The predicted molar refractivity (Wildman–Crippen MR) is 82.9 cm³/mol. The van der Waals surface area contributed by atoms with E-state index in [9.17, 15) is 5.11 Å². The highest BCUT2D eigenvalue weighted by molar-refractivity contribution is 5.05. The SMILES string of the molecule is C=CCn1cc(CN2CCC[C@@](CO)(CCOC)C2)cn1. The Morgan fingerprint density at radius 1 is 1.57 bits per heavy atom. The van der Waals surface area contributed by atoms with Gasteiger partial charge in [0.1, 0.15) is 0 Å². The molecule has 2 heterocycles. The fourth-order valence-electron chi connectivity index (χ4n) is 3.15. The van der Waals surface area contributed by atoms with E-state index in [1.165, 1.54) is 5.56 Å². The lowest BCUT2D eigenvalue weighted by atomic mass is 9.78. The number of likely N-dealkylation sites (tertiary alicyclic amines) is 1. The van der Waals surface area contributed by atoms with Gasteiger partial charge < -0.3 is 9.84 Å². The highest BCUT2D eigenvalue weighted by atomic mass is 16.5. The van der Waals surface area contributed by atoms with Crippen molar-refractivity contribution in [3.63, 3.8) is 0 Å². The van der Waals surface area contributed by atoms with Crippen LogP contribution < -0.4 is 0 Å². The van der Waals surface area contributed by atoms with Crippen LogP contribution in [-0.2, 0) is 17.8 Å². The highest BCUT2D eigenvalue weighted by Crippen LogP contribution is 2.33. The molecule has 0 aliphatic carbocycles. The lowest BCUT2D eigenvalue weighted by Gasteiger charge is -2.41. The first kappa shape index (κ1) is 16.2. The molecule has 1 fully saturated rings. The second-order valence-electron chi connectivity index (χ2n) is 6.07. The standard InChI is InChI=1S/C16H27N3O2/c1-3-7-19-12-15(10-17-19)11-18-8-4-5-16(13-18,14-20)6-9-21-2/h3,10,12,20H,1,4-9,11,13-14H2,2H3/t16-/m1/s1. The minimum Gasteiger partial charge on any atom is -0.396 e. The molecule has 1 atom stereocenters. The average Bonchev–Trinajstić information content (AvgIpc) is 2.93. The Morgan fingerprint density at radius 2 is 2.43 bits per heavy atom. The summed E-state index contributed by atoms with van der Waals surface area (Å²) in [5.41, 5.74) is 1.21. The molecule has 5 nitrogen and oxygen atoms in total. The van der Waals surface area contributed by atoms with Gasteiger partial charge in [-0.1, -0.05) is 6.08 Å². The molecule has 0 spiro atoms. The molecule has 1 aliphatic rings. The number of aliphatic hydroxyl groups is 1. The third kappa shape index (κ3) is 4.40. The molecule has 5 heteroatoms. The molecule has 0 unspecified atom stereocenters. The van der Waals surface area contributed by atoms with Crippen molar-refractivity contribution < 1.29 is 9.84 Å². The van der Waals surface area contributed by atoms with Crippen molar-refractivity contribution in [1.29, 1.82) is 0 Å². The number of aromatic nitrogens is 2. The highest BCUT2D eigenvalue weighted by Gasteiger charge is 2.34. The van der Waals surface area contributed by atoms with Crippen LogP contribution in [0.2, 0.25) is 0 Å². The number of methoxy groups -OCH3 is 1. The molecule has 1 aromatic rings. The topological polar surface area (TPSA) is 50.5 Å². The number of allylic oxidation sites excluding steroid dienone is 1. The Morgan fingerprint density at radius 3 is 3.14 bits per heavy atom. The van der Waals surface area contributed by atoms with E-state index in [-0.39, 0.29) is 12.0 Å². The van der Waals surface area contributed by atoms with E-state index in [1.54, 1.807) is 7.11 Å². The third-order valence-electron chi connectivity index (χ3n) is 4.32. The van der Waals surface area contributed by atoms with E-state index in [0.29, 0.717) is 6.61 Å². The van der Waals surface area contributed by atoms with Gasteiger partial charge in [-0.2, -0.15) is 5.10 Å². The summed E-state index contributed by atoms with van der Waals surface area (Å²) in [4.78, 5) is 2.42. The maximum absolute atomic E-state index is 9.82. The minimum absolute atomic E-state index is 0.00856. The molecule has 0 saturated carbocycles. The van der Waals surface area contributed by atoms with Gasteiger partial charge in [-0.3, -0.25) is 9.58 Å². The van der Waals surface area contributed by atoms with Crippen LogP contribution in [0.15, 0.2) is 25.0 Å². The van der Waals surface area contributed by atoms with E-state index in [0.717, 1.165) is 45.4 Å². The summed E-state index contributed by atoms with van der Waals surface area (Å²) >= 11 is 0. The zero-order chi connectivity index (χ0) is 15.1. The van der Waals surface area contributed by atoms with Crippen LogP contribution in [0.1, 0.15) is 24.8 Å². The fraction of sp³-hybridized carbons (Fsp3) is 0.688. The minimum atomic E-state index is -0.00856. The molecule has 1 N–H and O–H groups in total. The van der Waals surface area contributed by atoms with Gasteiger partial charge in [0.15, 0.2) is 0 Å². The van der Waals surface area contributed by atoms with Crippen LogP contribution in [0, 0.1) is 5.41 Å². The Balaban J connectivity index is 1.94. The van der Waals surface area contributed by atoms with Gasteiger partial charge in [-0.25, -0.2) is 0 Å². The van der Waals surface area contributed by atoms with E-state index < -0.39 is 0 Å². The summed E-state index contributed by atoms with van der Waals surface area (Å²) < 4.78 is 7.10. The van der Waals surface area contributed by atoms with Gasteiger partial charge in [0.2, 0.25) is 0 Å². The first-order valence-corrected chi connectivity index (χ1v) is 7.66. The summed E-state index contributed by atoms with van der Waals surface area (Å²) in [6, 6.07) is 0. The van der Waals surface area contributed by atoms with Gasteiger partial charge >= 0.3 is 0 Å². The van der Waals surface area contributed by atoms with Crippen LogP contribution in [0.25, 0.3) is 0 Å². The number of nitrogens with zero attached hydrogens (tertiary/aromatic N) is 3. The maximum Gasteiger partial charge on any atom is 0.0587 e. The molecule has 2 rings (SSSR count). The number of hydrogen-bond acceptors (Lipinski definition) is 4. The summed E-state index contributed by atoms with van der Waals surface area (Å²) in [7, 11) is 1.72. The lowest BCUT2D eigenvalue weighted by Crippen LogP contribution is -2.45. The normalized spacial score (nSPS) is 23.3. The summed E-state index contributed by atoms with van der Waals surface area (Å²) in [5.74, 6) is 0. The molecule has 118 valence electrons. The molecule has 21 heavy (non-hydrogen) atoms. The van der Waals surface area contributed by atoms with E-state index in [2.05, 4.69) is 22.8 Å². The predicted octanol–water partition coefficient (Wildman–Crippen LogP) is 1.68. The maximum atomic E-state index is 9.82. The van der Waals surface area contributed by atoms with Crippen molar-refractivity contribution in [2.24, 2.45) is 5.41 Å². The van der Waals surface area contributed by atoms with Crippen molar-refractivity contribution in [3.05, 3.63) is 30.6 Å². The molecule has 0 radical (unpaired) electrons. The quantitative estimate of drug-likeness (QED) is 0.741. The summed E-state index contributed by atoms with van der Waals surface area (Å²) in [6.45, 7) is 8.34. The summed E-state index contributed by atoms with van der Waals surface area (Å²) in [6.07, 6.45) is 8.98. The molecule has 1 aromatic heterocycles. The molecule has 1 saturated heterocycles. The van der Waals surface area contributed by atoms with Crippen LogP contribution in [0.4, 0.5) is 0 Å². The molecular formula is C16H27N3O2. The largest absolute Gasteiger partial charge is 0.396 e. The van der Waals surface area contributed by atoms with Crippen LogP contribution in [0.5, 0.6) is 0 Å². The third-order valence-corrected chi connectivity index (χ3v) is 4.32. The van der Waals surface area contributed by atoms with E-state index >= 15 is 0 Å². The fourth-order valence-corrected chi connectivity index (χ4v) is 3.15. The van der Waals surface area contributed by atoms with Gasteiger partial charge in [-0.15, -0.1) is 6.58 Å². The van der Waals surface area contributed by atoms with Crippen LogP contribution in [0.3, 0.4) is 0 Å². The van der Waals surface area contributed by atoms with Gasteiger partial charge in [0.05, 0.1) is 19.3 Å². The van der Waals surface area contributed by atoms with Gasteiger partial charge in [-0.05, 0) is 25.8 Å².